The zero-order valence-corrected chi connectivity index (χ0v) is 8.79. The molecule has 1 aromatic heterocycles. The molecule has 0 spiro atoms. The minimum absolute atomic E-state index is 0.356. The Balaban J connectivity index is 2.77. The Kier molecular flexibility index (Phi) is 2.59. The van der Waals surface area contributed by atoms with Crippen LogP contribution < -0.4 is 0 Å². The second-order valence-electron chi connectivity index (χ2n) is 3.36. The highest BCUT2D eigenvalue weighted by molar-refractivity contribution is 6.36. The largest absolute Gasteiger partial charge is 0.389 e. The van der Waals surface area contributed by atoms with Crippen LogP contribution >= 0.6 is 11.6 Å². The van der Waals surface area contributed by atoms with E-state index in [1.54, 1.807) is 13.0 Å². The number of benzene rings is 1. The minimum Gasteiger partial charge on any atom is -0.389 e. The highest BCUT2D eigenvalue weighted by atomic mass is 35.5. The monoisotopic (exact) mass is 225 g/mol. The van der Waals surface area contributed by atoms with Gasteiger partial charge in [0.05, 0.1) is 16.6 Å². The Morgan fingerprint density at radius 1 is 1.47 bits per heavy atom. The van der Waals surface area contributed by atoms with Gasteiger partial charge in [-0.2, -0.15) is 0 Å². The molecule has 78 valence electrons. The number of hydrogen-bond acceptors (Lipinski definition) is 2. The molecule has 0 aliphatic carbocycles. The van der Waals surface area contributed by atoms with Crippen LogP contribution in [0.5, 0.6) is 0 Å². The molecule has 0 aliphatic heterocycles. The van der Waals surface area contributed by atoms with Crippen molar-refractivity contribution in [2.24, 2.45) is 0 Å². The predicted molar refractivity (Wildman–Crippen MR) is 57.3 cm³/mol. The first-order chi connectivity index (χ1) is 7.09. The van der Waals surface area contributed by atoms with Crippen molar-refractivity contribution in [3.63, 3.8) is 0 Å². The topological polar surface area (TPSA) is 33.1 Å². The number of aliphatic hydroxyl groups is 1. The van der Waals surface area contributed by atoms with E-state index in [2.05, 4.69) is 4.98 Å². The second-order valence-corrected chi connectivity index (χ2v) is 3.74. The van der Waals surface area contributed by atoms with E-state index in [0.29, 0.717) is 21.5 Å². The van der Waals surface area contributed by atoms with Gasteiger partial charge < -0.3 is 5.11 Å². The average Bonchev–Trinajstić information content (AvgIpc) is 2.19. The molecule has 0 saturated carbocycles. The van der Waals surface area contributed by atoms with Crippen LogP contribution in [-0.2, 0) is 0 Å². The van der Waals surface area contributed by atoms with Gasteiger partial charge in [-0.05, 0) is 25.1 Å². The summed E-state index contributed by atoms with van der Waals surface area (Å²) in [6, 6.07) is 4.20. The zero-order chi connectivity index (χ0) is 11.0. The zero-order valence-electron chi connectivity index (χ0n) is 8.04. The molecule has 1 unspecified atom stereocenters. The summed E-state index contributed by atoms with van der Waals surface area (Å²) in [5.41, 5.74) is 1.13. The summed E-state index contributed by atoms with van der Waals surface area (Å²) < 4.78 is 13.0. The number of aliphatic hydroxyl groups excluding tert-OH is 1. The van der Waals surface area contributed by atoms with Crippen molar-refractivity contribution in [3.05, 3.63) is 40.8 Å². The van der Waals surface area contributed by atoms with Crippen molar-refractivity contribution in [1.29, 1.82) is 0 Å². The lowest BCUT2D eigenvalue weighted by atomic mass is 10.1. The molecule has 1 N–H and O–H groups in total. The first-order valence-corrected chi connectivity index (χ1v) is 4.89. The van der Waals surface area contributed by atoms with E-state index in [1.807, 2.05) is 0 Å². The Hall–Kier alpha value is -1.19. The van der Waals surface area contributed by atoms with Gasteiger partial charge in [0.15, 0.2) is 0 Å². The van der Waals surface area contributed by atoms with Crippen molar-refractivity contribution in [1.82, 2.24) is 4.98 Å². The summed E-state index contributed by atoms with van der Waals surface area (Å²) in [5.74, 6) is -0.367. The molecule has 1 heterocycles. The predicted octanol–water partition coefficient (Wildman–Crippen LogP) is 3.08. The van der Waals surface area contributed by atoms with Crippen molar-refractivity contribution in [2.45, 2.75) is 13.0 Å². The minimum atomic E-state index is -0.710. The van der Waals surface area contributed by atoms with E-state index in [4.69, 9.17) is 11.6 Å². The van der Waals surface area contributed by atoms with Crippen LogP contribution in [0.1, 0.15) is 18.6 Å². The molecule has 1 aromatic carbocycles. The molecule has 0 bridgehead atoms. The molecule has 1 atom stereocenters. The number of nitrogens with zero attached hydrogens (tertiary/aromatic N) is 1. The maximum absolute atomic E-state index is 13.0. The number of rotatable bonds is 1. The van der Waals surface area contributed by atoms with E-state index >= 15 is 0 Å². The van der Waals surface area contributed by atoms with Crippen molar-refractivity contribution >= 4 is 22.5 Å². The Morgan fingerprint density at radius 2 is 2.20 bits per heavy atom. The summed E-state index contributed by atoms with van der Waals surface area (Å²) >= 11 is 6.04. The van der Waals surface area contributed by atoms with Crippen LogP contribution in [0.15, 0.2) is 24.4 Å². The SMILES string of the molecule is CC(O)c1cnc2ccc(F)cc2c1Cl. The second kappa shape index (κ2) is 3.76. The number of halogens is 2. The van der Waals surface area contributed by atoms with E-state index in [-0.39, 0.29) is 5.82 Å². The maximum Gasteiger partial charge on any atom is 0.124 e. The third kappa shape index (κ3) is 1.80. The van der Waals surface area contributed by atoms with Gasteiger partial charge >= 0.3 is 0 Å². The standard InChI is InChI=1S/C11H9ClFNO/c1-6(15)9-5-14-10-3-2-7(13)4-8(10)11(9)12/h2-6,15H,1H3. The first kappa shape index (κ1) is 10.3. The van der Waals surface area contributed by atoms with Gasteiger partial charge in [0, 0.05) is 17.1 Å². The number of pyridine rings is 1. The van der Waals surface area contributed by atoms with E-state index in [9.17, 15) is 9.50 Å². The molecule has 2 aromatic rings. The third-order valence-electron chi connectivity index (χ3n) is 2.24. The fraction of sp³-hybridized carbons (Fsp3) is 0.182. The van der Waals surface area contributed by atoms with Crippen LogP contribution in [0.4, 0.5) is 4.39 Å². The lowest BCUT2D eigenvalue weighted by molar-refractivity contribution is 0.199. The van der Waals surface area contributed by atoms with Gasteiger partial charge in [-0.3, -0.25) is 4.98 Å². The molecular weight excluding hydrogens is 217 g/mol. The number of hydrogen-bond donors (Lipinski definition) is 1. The van der Waals surface area contributed by atoms with Crippen molar-refractivity contribution in [2.75, 3.05) is 0 Å². The molecule has 0 fully saturated rings. The Morgan fingerprint density at radius 3 is 2.87 bits per heavy atom. The quantitative estimate of drug-likeness (QED) is 0.809. The normalized spacial score (nSPS) is 13.1. The van der Waals surface area contributed by atoms with Crippen LogP contribution in [0.2, 0.25) is 5.02 Å². The van der Waals surface area contributed by atoms with Gasteiger partial charge in [0.2, 0.25) is 0 Å². The van der Waals surface area contributed by atoms with Crippen molar-refractivity contribution in [3.8, 4) is 0 Å². The molecule has 15 heavy (non-hydrogen) atoms. The summed E-state index contributed by atoms with van der Waals surface area (Å²) in [4.78, 5) is 4.09. The van der Waals surface area contributed by atoms with Gasteiger partial charge in [0.25, 0.3) is 0 Å². The molecule has 2 rings (SSSR count). The highest BCUT2D eigenvalue weighted by Gasteiger charge is 2.11. The number of aromatic nitrogens is 1. The van der Waals surface area contributed by atoms with Gasteiger partial charge in [-0.25, -0.2) is 4.39 Å². The summed E-state index contributed by atoms with van der Waals surface area (Å²) in [5, 5.41) is 10.3. The molecule has 4 heteroatoms. The van der Waals surface area contributed by atoms with Crippen LogP contribution in [0, 0.1) is 5.82 Å². The Bertz CT molecular complexity index is 513. The Labute approximate surface area is 91.3 Å². The fourth-order valence-corrected chi connectivity index (χ4v) is 1.80. The first-order valence-electron chi connectivity index (χ1n) is 4.51. The van der Waals surface area contributed by atoms with Crippen molar-refractivity contribution < 1.29 is 9.50 Å². The fourth-order valence-electron chi connectivity index (χ4n) is 1.44. The molecular formula is C11H9ClFNO. The van der Waals surface area contributed by atoms with Gasteiger partial charge in [-0.1, -0.05) is 11.6 Å². The van der Waals surface area contributed by atoms with Crippen LogP contribution in [0.3, 0.4) is 0 Å². The van der Waals surface area contributed by atoms with E-state index in [1.165, 1.54) is 18.3 Å². The lowest BCUT2D eigenvalue weighted by Gasteiger charge is -2.09. The third-order valence-corrected chi connectivity index (χ3v) is 2.66. The summed E-state index contributed by atoms with van der Waals surface area (Å²) in [7, 11) is 0. The van der Waals surface area contributed by atoms with Crippen LogP contribution in [0.25, 0.3) is 10.9 Å². The van der Waals surface area contributed by atoms with Gasteiger partial charge in [-0.15, -0.1) is 0 Å². The molecule has 0 aliphatic rings. The van der Waals surface area contributed by atoms with E-state index < -0.39 is 6.10 Å². The molecule has 2 nitrogen and oxygen atoms in total. The maximum atomic E-state index is 13.0. The number of fused-ring (bicyclic) bond motifs is 1. The summed E-state index contributed by atoms with van der Waals surface area (Å²) in [6.07, 6.45) is 0.797. The molecule has 0 radical (unpaired) electrons. The molecule has 0 amide bonds. The summed E-state index contributed by atoms with van der Waals surface area (Å²) in [6.45, 7) is 1.59. The smallest absolute Gasteiger partial charge is 0.124 e. The van der Waals surface area contributed by atoms with Gasteiger partial charge in [0.1, 0.15) is 5.82 Å². The highest BCUT2D eigenvalue weighted by Crippen LogP contribution is 2.29. The van der Waals surface area contributed by atoms with E-state index in [0.717, 1.165) is 0 Å². The van der Waals surface area contributed by atoms with Crippen LogP contribution in [-0.4, -0.2) is 10.1 Å². The average molecular weight is 226 g/mol. The molecule has 0 saturated heterocycles. The lowest BCUT2D eigenvalue weighted by Crippen LogP contribution is -1.95.